The monoisotopic (exact) mass is 659 g/mol. The molecular formula is C31H42FN7O6S. The van der Waals surface area contributed by atoms with Crippen LogP contribution in [0.25, 0.3) is 5.70 Å². The number of carbonyl (C=O) groups is 1. The number of halogens is 1. The molecule has 6 rings (SSSR count). The highest BCUT2D eigenvalue weighted by Gasteiger charge is 2.36. The van der Waals surface area contributed by atoms with Crippen molar-refractivity contribution in [1.82, 2.24) is 25.6 Å². The second-order valence-corrected chi connectivity index (χ2v) is 14.4. The zero-order valence-electron chi connectivity index (χ0n) is 26.0. The van der Waals surface area contributed by atoms with E-state index in [4.69, 9.17) is 19.7 Å². The number of benzene rings is 1. The number of anilines is 1. The van der Waals surface area contributed by atoms with E-state index in [0.717, 1.165) is 44.3 Å². The van der Waals surface area contributed by atoms with Gasteiger partial charge in [-0.2, -0.15) is 0 Å². The van der Waals surface area contributed by atoms with E-state index in [0.29, 0.717) is 79.9 Å². The maximum absolute atomic E-state index is 15.4. The van der Waals surface area contributed by atoms with Crippen molar-refractivity contribution >= 4 is 27.3 Å². The van der Waals surface area contributed by atoms with Crippen LogP contribution in [0.4, 0.5) is 10.1 Å². The third-order valence-corrected chi connectivity index (χ3v) is 11.0. The number of sulfonamides is 1. The zero-order chi connectivity index (χ0) is 32.3. The van der Waals surface area contributed by atoms with Crippen LogP contribution >= 0.6 is 0 Å². The van der Waals surface area contributed by atoms with Crippen LogP contribution in [0.1, 0.15) is 56.1 Å². The molecule has 3 fully saturated rings. The number of hydrogen-bond acceptors (Lipinski definition) is 11. The first kappa shape index (κ1) is 32.6. The van der Waals surface area contributed by atoms with E-state index in [9.17, 15) is 13.2 Å². The standard InChI is InChI=1S/C31H42FN7O6S/c1-44-30-26(37-46(42,43)24-5-6-24)16-21(18-33-30)28-25-17-23(32)15-22(29(25)35-31(34-28)39-11-13-45-14-12-39)19-38-9-7-20(8-10-38)3-2-4-27(40)36-41/h15-18,20,24,31,34,37,41H,2-14,19H2,1H3,(H,36,40). The van der Waals surface area contributed by atoms with Crippen LogP contribution in [0.3, 0.4) is 0 Å². The number of rotatable bonds is 12. The molecule has 46 heavy (non-hydrogen) atoms. The molecule has 0 radical (unpaired) electrons. The fraction of sp³-hybridized carbons (Fsp3) is 0.581. The van der Waals surface area contributed by atoms with Gasteiger partial charge in [0, 0.05) is 43.0 Å². The minimum atomic E-state index is -3.59. The summed E-state index contributed by atoms with van der Waals surface area (Å²) in [5.74, 6) is -0.0996. The van der Waals surface area contributed by atoms with Gasteiger partial charge in [0.25, 0.3) is 0 Å². The molecule has 0 bridgehead atoms. The number of methoxy groups -OCH3 is 1. The topological polar surface area (TPSA) is 158 Å². The number of morpholine rings is 1. The highest BCUT2D eigenvalue weighted by atomic mass is 32.2. The maximum atomic E-state index is 15.4. The van der Waals surface area contributed by atoms with Gasteiger partial charge in [0.15, 0.2) is 6.29 Å². The summed E-state index contributed by atoms with van der Waals surface area (Å²) in [5.41, 5.74) is 3.88. The van der Waals surface area contributed by atoms with E-state index in [1.807, 2.05) is 0 Å². The van der Waals surface area contributed by atoms with Crippen molar-refractivity contribution in [3.05, 3.63) is 51.9 Å². The normalized spacial score (nSPS) is 21.2. The smallest absolute Gasteiger partial charge is 0.243 e. The molecule has 4 heterocycles. The average Bonchev–Trinajstić information content (AvgIpc) is 3.92. The van der Waals surface area contributed by atoms with Crippen LogP contribution in [-0.4, -0.2) is 92.4 Å². The molecule has 4 N–H and O–H groups in total. The lowest BCUT2D eigenvalue weighted by Crippen LogP contribution is -2.55. The average molecular weight is 660 g/mol. The van der Waals surface area contributed by atoms with Crippen LogP contribution in [-0.2, 0) is 26.1 Å². The Labute approximate surface area is 267 Å². The van der Waals surface area contributed by atoms with Gasteiger partial charge in [0.2, 0.25) is 21.8 Å². The second kappa shape index (κ2) is 14.2. The highest BCUT2D eigenvalue weighted by Crippen LogP contribution is 2.33. The fourth-order valence-corrected chi connectivity index (χ4v) is 7.81. The summed E-state index contributed by atoms with van der Waals surface area (Å²) in [6, 6.07) is 4.70. The molecule has 1 aromatic carbocycles. The number of fused-ring (bicyclic) bond motifs is 1. The molecule has 2 saturated heterocycles. The Morgan fingerprint density at radius 3 is 2.61 bits per heavy atom. The number of hydrogen-bond donors (Lipinski definition) is 4. The van der Waals surface area contributed by atoms with Crippen LogP contribution in [0.2, 0.25) is 0 Å². The Kier molecular flexibility index (Phi) is 10.0. The summed E-state index contributed by atoms with van der Waals surface area (Å²) in [7, 11) is -2.15. The van der Waals surface area contributed by atoms with Gasteiger partial charge in [0.1, 0.15) is 11.5 Å². The summed E-state index contributed by atoms with van der Waals surface area (Å²) >= 11 is 0. The van der Waals surface area contributed by atoms with Crippen molar-refractivity contribution < 1.29 is 32.3 Å². The van der Waals surface area contributed by atoms with Gasteiger partial charge in [-0.3, -0.25) is 24.5 Å². The van der Waals surface area contributed by atoms with Crippen molar-refractivity contribution in [3.63, 3.8) is 0 Å². The Balaban J connectivity index is 1.32. The minimum absolute atomic E-state index is 0.152. The molecule has 250 valence electrons. The number of piperidine rings is 1. The quantitative estimate of drug-likeness (QED) is 0.192. The molecule has 13 nitrogen and oxygen atoms in total. The second-order valence-electron chi connectivity index (χ2n) is 12.4. The first-order chi connectivity index (χ1) is 22.2. The Bertz CT molecular complexity index is 1660. The molecule has 1 atom stereocenters. The first-order valence-corrected chi connectivity index (χ1v) is 17.5. The number of aromatic nitrogens is 1. The number of nitrogens with zero attached hydrogens (tertiary/aromatic N) is 4. The molecule has 1 saturated carbocycles. The Hall–Kier alpha value is -3.37. The molecule has 1 aliphatic carbocycles. The molecule has 1 amide bonds. The van der Waals surface area contributed by atoms with Gasteiger partial charge in [-0.15, -0.1) is 0 Å². The highest BCUT2D eigenvalue weighted by molar-refractivity contribution is 7.93. The van der Waals surface area contributed by atoms with Crippen LogP contribution in [0.5, 0.6) is 5.88 Å². The van der Waals surface area contributed by atoms with Crippen molar-refractivity contribution in [1.29, 1.82) is 0 Å². The van der Waals surface area contributed by atoms with Crippen LogP contribution < -0.4 is 30.8 Å². The largest absolute Gasteiger partial charge is 0.480 e. The number of ether oxygens (including phenoxy) is 2. The predicted molar refractivity (Wildman–Crippen MR) is 167 cm³/mol. The van der Waals surface area contributed by atoms with E-state index in [1.54, 1.807) is 23.8 Å². The van der Waals surface area contributed by atoms with Gasteiger partial charge in [0.05, 0.1) is 36.6 Å². The summed E-state index contributed by atoms with van der Waals surface area (Å²) in [6.45, 7) is 4.70. The molecule has 1 unspecified atom stereocenters. The summed E-state index contributed by atoms with van der Waals surface area (Å²) in [6.07, 6.45) is 6.29. The van der Waals surface area contributed by atoms with E-state index in [-0.39, 0.29) is 23.3 Å². The maximum Gasteiger partial charge on any atom is 0.243 e. The van der Waals surface area contributed by atoms with Gasteiger partial charge >= 0.3 is 0 Å². The summed E-state index contributed by atoms with van der Waals surface area (Å²) in [5, 5.41) is 13.1. The number of pyridine rings is 1. The van der Waals surface area contributed by atoms with Crippen LogP contribution in [0, 0.1) is 11.7 Å². The minimum Gasteiger partial charge on any atom is -0.480 e. The fourth-order valence-electron chi connectivity index (χ4n) is 6.44. The molecule has 1 aromatic heterocycles. The third-order valence-electron chi connectivity index (χ3n) is 9.13. The molecule has 4 aliphatic rings. The van der Waals surface area contributed by atoms with Crippen LogP contribution in [0.15, 0.2) is 29.4 Å². The van der Waals surface area contributed by atoms with E-state index in [2.05, 4.69) is 24.8 Å². The van der Waals surface area contributed by atoms with Crippen molar-refractivity contribution in [2.45, 2.75) is 63.0 Å². The Morgan fingerprint density at radius 1 is 1.15 bits per heavy atom. The Morgan fingerprint density at radius 2 is 1.91 bits per heavy atom. The predicted octanol–water partition coefficient (Wildman–Crippen LogP) is 1.02. The van der Waals surface area contributed by atoms with Crippen molar-refractivity contribution in [2.75, 3.05) is 51.2 Å². The van der Waals surface area contributed by atoms with Gasteiger partial charge in [-0.25, -0.2) is 28.3 Å². The molecular weight excluding hydrogens is 617 g/mol. The lowest BCUT2D eigenvalue weighted by atomic mass is 9.91. The van der Waals surface area contributed by atoms with E-state index in [1.165, 1.54) is 13.2 Å². The number of hydroxylamine groups is 1. The summed E-state index contributed by atoms with van der Waals surface area (Å²) in [4.78, 5) is 25.4. The van der Waals surface area contributed by atoms with Gasteiger partial charge in [-0.05, 0) is 81.3 Å². The number of nitrogens with one attached hydrogen (secondary N) is 3. The van der Waals surface area contributed by atoms with E-state index < -0.39 is 21.6 Å². The molecule has 15 heteroatoms. The lowest BCUT2D eigenvalue weighted by molar-refractivity contribution is -0.129. The van der Waals surface area contributed by atoms with Crippen molar-refractivity contribution in [3.8, 4) is 5.88 Å². The van der Waals surface area contributed by atoms with Crippen molar-refractivity contribution in [2.24, 2.45) is 10.9 Å². The zero-order valence-corrected chi connectivity index (χ0v) is 26.8. The van der Waals surface area contributed by atoms with Gasteiger partial charge in [-0.1, -0.05) is 0 Å². The molecule has 0 spiro atoms. The van der Waals surface area contributed by atoms with E-state index >= 15 is 4.39 Å². The first-order valence-electron chi connectivity index (χ1n) is 15.9. The number of likely N-dealkylation sites (tertiary alicyclic amines) is 1. The number of carbonyl (C=O) groups excluding carboxylic acids is 1. The lowest BCUT2D eigenvalue weighted by Gasteiger charge is -2.35. The molecule has 2 aromatic rings. The summed E-state index contributed by atoms with van der Waals surface area (Å²) < 4.78 is 54.7. The van der Waals surface area contributed by atoms with Gasteiger partial charge < -0.3 is 14.8 Å². The molecule has 3 aliphatic heterocycles. The third kappa shape index (κ3) is 7.60. The SMILES string of the molecule is COc1ncc(C2=c3cc(F)cc(CN4CCC(CCCC(=O)NO)CC4)c3=NC(N3CCOCC3)N2)cc1NS(=O)(=O)C1CC1. The number of amides is 1.